The molecule has 1 aliphatic heterocycles. The highest BCUT2D eigenvalue weighted by Gasteiger charge is 2.57. The van der Waals surface area contributed by atoms with E-state index in [2.05, 4.69) is 74.4 Å². The fourth-order valence-electron chi connectivity index (χ4n) is 6.97. The first-order chi connectivity index (χ1) is 19.2. The minimum Gasteiger partial charge on any atom is -0.494 e. The van der Waals surface area contributed by atoms with Crippen LogP contribution >= 0.6 is 23.2 Å². The molecule has 3 aromatic carbocycles. The van der Waals surface area contributed by atoms with Crippen molar-refractivity contribution in [2.24, 2.45) is 5.41 Å². The number of carbonyl (C=O) groups is 1. The summed E-state index contributed by atoms with van der Waals surface area (Å²) in [7, 11) is 4.31. The molecule has 214 valence electrons. The topological polar surface area (TPSA) is 29.5 Å². The van der Waals surface area contributed by atoms with Crippen LogP contribution < -0.4 is 9.22 Å². The molecule has 1 amide bonds. The van der Waals surface area contributed by atoms with Crippen molar-refractivity contribution >= 4 is 34.8 Å². The van der Waals surface area contributed by atoms with E-state index in [-0.39, 0.29) is 27.8 Å². The van der Waals surface area contributed by atoms with E-state index in [0.29, 0.717) is 16.7 Å². The first-order valence-corrected chi connectivity index (χ1v) is 15.2. The average Bonchev–Trinajstić information content (AvgIpc) is 2.95. The zero-order valence-corrected chi connectivity index (χ0v) is 26.0. The van der Waals surface area contributed by atoms with Crippen LogP contribution in [0.25, 0.3) is 0 Å². The number of hydrogen-bond donors (Lipinski definition) is 0. The fourth-order valence-corrected chi connectivity index (χ4v) is 7.28. The SMILES string of the molecule is CCCC(C1(Cc2ccccc2)CCN(C)CC1c1ccc(Cl)c(Cl)c1)[N+](C)(C(C)=O)c1cccc(OCC)c1. The molecule has 40 heavy (non-hydrogen) atoms. The minimum absolute atomic E-state index is 0.0141. The van der Waals surface area contributed by atoms with Crippen molar-refractivity contribution in [1.29, 1.82) is 0 Å². The van der Waals surface area contributed by atoms with Gasteiger partial charge in [0.15, 0.2) is 0 Å². The lowest BCUT2D eigenvalue weighted by Gasteiger charge is -2.55. The third kappa shape index (κ3) is 6.11. The maximum Gasteiger partial charge on any atom is 0.315 e. The number of amides is 1. The summed E-state index contributed by atoms with van der Waals surface area (Å²) in [4.78, 5) is 16.4. The summed E-state index contributed by atoms with van der Waals surface area (Å²) in [5.41, 5.74) is 3.20. The molecule has 0 aliphatic carbocycles. The number of rotatable bonds is 10. The van der Waals surface area contributed by atoms with E-state index >= 15 is 0 Å². The highest BCUT2D eigenvalue weighted by molar-refractivity contribution is 6.42. The maximum atomic E-state index is 14.0. The van der Waals surface area contributed by atoms with E-state index in [9.17, 15) is 4.79 Å². The second kappa shape index (κ2) is 13.1. The Kier molecular flexibility index (Phi) is 10.00. The van der Waals surface area contributed by atoms with Crippen LogP contribution in [0.2, 0.25) is 10.0 Å². The van der Waals surface area contributed by atoms with Gasteiger partial charge in [-0.3, -0.25) is 0 Å². The van der Waals surface area contributed by atoms with Crippen molar-refractivity contribution in [3.63, 3.8) is 0 Å². The summed E-state index contributed by atoms with van der Waals surface area (Å²) in [5.74, 6) is 1.07. The van der Waals surface area contributed by atoms with E-state index in [4.69, 9.17) is 27.9 Å². The molecule has 4 rings (SSSR count). The van der Waals surface area contributed by atoms with Crippen molar-refractivity contribution < 1.29 is 9.53 Å². The van der Waals surface area contributed by atoms with E-state index in [0.717, 1.165) is 50.2 Å². The fraction of sp³-hybridized carbons (Fsp3) is 0.441. The molecule has 1 heterocycles. The molecule has 1 fully saturated rings. The van der Waals surface area contributed by atoms with Crippen LogP contribution in [-0.2, 0) is 11.2 Å². The van der Waals surface area contributed by atoms with Crippen LogP contribution in [0.15, 0.2) is 72.8 Å². The smallest absolute Gasteiger partial charge is 0.315 e. The molecule has 0 spiro atoms. The number of quaternary nitrogens is 1. The summed E-state index contributed by atoms with van der Waals surface area (Å²) < 4.78 is 6.11. The van der Waals surface area contributed by atoms with Crippen molar-refractivity contribution in [3.05, 3.63) is 94.0 Å². The van der Waals surface area contributed by atoms with Gasteiger partial charge in [0.1, 0.15) is 17.5 Å². The summed E-state index contributed by atoms with van der Waals surface area (Å²) in [5, 5.41) is 1.13. The van der Waals surface area contributed by atoms with Gasteiger partial charge >= 0.3 is 5.91 Å². The second-order valence-electron chi connectivity index (χ2n) is 11.5. The summed E-state index contributed by atoms with van der Waals surface area (Å²) in [6.45, 7) is 8.38. The molecular weight excluding hydrogens is 539 g/mol. The number of hydrogen-bond acceptors (Lipinski definition) is 3. The molecule has 3 aromatic rings. The predicted octanol–water partition coefficient (Wildman–Crippen LogP) is 8.39. The van der Waals surface area contributed by atoms with Gasteiger partial charge in [-0.2, -0.15) is 0 Å². The molecule has 4 atom stereocenters. The monoisotopic (exact) mass is 581 g/mol. The number of likely N-dealkylation sites (tertiary alicyclic amines) is 1. The van der Waals surface area contributed by atoms with E-state index in [1.165, 1.54) is 11.1 Å². The van der Waals surface area contributed by atoms with Gasteiger partial charge in [0.05, 0.1) is 30.6 Å². The van der Waals surface area contributed by atoms with Crippen molar-refractivity contribution in [2.45, 2.75) is 58.4 Å². The molecule has 4 nitrogen and oxygen atoms in total. The third-order valence-electron chi connectivity index (χ3n) is 9.04. The highest BCUT2D eigenvalue weighted by Crippen LogP contribution is 2.53. The van der Waals surface area contributed by atoms with Gasteiger partial charge in [-0.1, -0.05) is 79.0 Å². The van der Waals surface area contributed by atoms with Gasteiger partial charge in [0.25, 0.3) is 0 Å². The molecule has 0 radical (unpaired) electrons. The van der Waals surface area contributed by atoms with Gasteiger partial charge in [-0.25, -0.2) is 9.28 Å². The number of benzene rings is 3. The Hall–Kier alpha value is -2.37. The van der Waals surface area contributed by atoms with E-state index in [1.54, 1.807) is 6.92 Å². The van der Waals surface area contributed by atoms with Crippen LogP contribution in [0.3, 0.4) is 0 Å². The number of halogens is 2. The lowest BCUT2D eigenvalue weighted by atomic mass is 9.58. The first-order valence-electron chi connectivity index (χ1n) is 14.4. The highest BCUT2D eigenvalue weighted by atomic mass is 35.5. The van der Waals surface area contributed by atoms with Crippen LogP contribution in [0, 0.1) is 5.41 Å². The molecule has 1 aliphatic rings. The van der Waals surface area contributed by atoms with E-state index in [1.807, 2.05) is 31.2 Å². The van der Waals surface area contributed by atoms with Crippen LogP contribution in [0.4, 0.5) is 5.69 Å². The predicted molar refractivity (Wildman–Crippen MR) is 169 cm³/mol. The Morgan fingerprint density at radius 3 is 2.45 bits per heavy atom. The summed E-state index contributed by atoms with van der Waals surface area (Å²) >= 11 is 13.0. The molecular formula is C34H43Cl2N2O2+. The Labute approximate surface area is 250 Å². The van der Waals surface area contributed by atoms with Crippen LogP contribution in [-0.4, -0.2) is 50.6 Å². The van der Waals surface area contributed by atoms with Crippen molar-refractivity contribution in [1.82, 2.24) is 9.38 Å². The Balaban J connectivity index is 1.99. The quantitative estimate of drug-likeness (QED) is 0.225. The standard InChI is InChI=1S/C34H43Cl2N2O2/c1-6-12-33(38(5,25(3)39)28-15-11-16-29(22-28)40-7-2)34(23-26-13-9-8-10-14-26)19-20-37(4)24-30(34)27-17-18-31(35)32(36)21-27/h8-11,13-18,21-22,30,33H,6-7,12,19-20,23-24H2,1-5H3/q+1. The summed E-state index contributed by atoms with van der Waals surface area (Å²) in [6.07, 6.45) is 3.70. The lowest BCUT2D eigenvalue weighted by molar-refractivity contribution is -0.133. The molecule has 0 bridgehead atoms. The average molecular weight is 583 g/mol. The van der Waals surface area contributed by atoms with E-state index < -0.39 is 0 Å². The largest absolute Gasteiger partial charge is 0.494 e. The molecule has 0 aromatic heterocycles. The van der Waals surface area contributed by atoms with Gasteiger partial charge in [-0.05, 0) is 68.8 Å². The first kappa shape index (κ1) is 30.6. The van der Waals surface area contributed by atoms with Gasteiger partial charge in [-0.15, -0.1) is 0 Å². The molecule has 6 heteroatoms. The van der Waals surface area contributed by atoms with Gasteiger partial charge in [0, 0.05) is 30.4 Å². The molecule has 1 saturated heterocycles. The van der Waals surface area contributed by atoms with Crippen molar-refractivity contribution in [3.8, 4) is 5.75 Å². The molecule has 0 N–H and O–H groups in total. The van der Waals surface area contributed by atoms with Gasteiger partial charge in [0.2, 0.25) is 0 Å². The van der Waals surface area contributed by atoms with Crippen molar-refractivity contribution in [2.75, 3.05) is 33.8 Å². The lowest BCUT2D eigenvalue weighted by Crippen LogP contribution is -2.67. The van der Waals surface area contributed by atoms with Gasteiger partial charge < -0.3 is 9.64 Å². The summed E-state index contributed by atoms with van der Waals surface area (Å²) in [6, 6.07) is 25.0. The Morgan fingerprint density at radius 1 is 1.05 bits per heavy atom. The number of likely N-dealkylation sites (N-methyl/N-ethyl adjacent to an activating group) is 1. The number of carbonyl (C=O) groups excluding carboxylic acids is 1. The van der Waals surface area contributed by atoms with Crippen LogP contribution in [0.5, 0.6) is 5.75 Å². The second-order valence-corrected chi connectivity index (χ2v) is 12.3. The Bertz CT molecular complexity index is 1300. The third-order valence-corrected chi connectivity index (χ3v) is 9.78. The zero-order chi connectivity index (χ0) is 28.9. The maximum absolute atomic E-state index is 14.0. The Morgan fingerprint density at radius 2 is 1.80 bits per heavy atom. The molecule has 4 unspecified atom stereocenters. The zero-order valence-electron chi connectivity index (χ0n) is 24.5. The number of nitrogens with zero attached hydrogens (tertiary/aromatic N) is 2. The number of piperidine rings is 1. The normalized spacial score (nSPS) is 21.9. The number of ether oxygens (including phenoxy) is 1. The minimum atomic E-state index is -0.233. The van der Waals surface area contributed by atoms with Crippen LogP contribution in [0.1, 0.15) is 57.1 Å². The molecule has 0 saturated carbocycles.